The van der Waals surface area contributed by atoms with Gasteiger partial charge in [0.1, 0.15) is 5.84 Å². The highest BCUT2D eigenvalue weighted by Crippen LogP contribution is 2.29. The normalized spacial score (nSPS) is 13.1. The van der Waals surface area contributed by atoms with Crippen LogP contribution in [0.4, 0.5) is 13.2 Å². The average molecular weight is 259 g/mol. The molecule has 16 heavy (non-hydrogen) atoms. The molecule has 0 aromatic heterocycles. The number of halogens is 3. The van der Waals surface area contributed by atoms with Gasteiger partial charge in [0.25, 0.3) is 0 Å². The van der Waals surface area contributed by atoms with E-state index in [-0.39, 0.29) is 23.4 Å². The minimum Gasteiger partial charge on any atom is -0.409 e. The summed E-state index contributed by atoms with van der Waals surface area (Å²) < 4.78 is 35.1. The van der Waals surface area contributed by atoms with Crippen LogP contribution in [-0.4, -0.2) is 35.4 Å². The van der Waals surface area contributed by atoms with E-state index < -0.39 is 5.51 Å². The van der Waals surface area contributed by atoms with Crippen LogP contribution >= 0.6 is 11.8 Å². The first-order chi connectivity index (χ1) is 7.45. The second-order valence-corrected chi connectivity index (χ2v) is 4.25. The number of alkyl halides is 3. The van der Waals surface area contributed by atoms with Crippen LogP contribution in [0.3, 0.4) is 0 Å². The number of hydrogen-bond donors (Lipinski definition) is 3. The Bertz CT molecular complexity index is 211. The van der Waals surface area contributed by atoms with Gasteiger partial charge in [-0.2, -0.15) is 13.2 Å². The van der Waals surface area contributed by atoms with E-state index >= 15 is 0 Å². The molecule has 96 valence electrons. The molecule has 0 aromatic carbocycles. The Morgan fingerprint density at radius 1 is 1.31 bits per heavy atom. The molecular weight excluding hydrogens is 243 g/mol. The molecule has 0 atom stereocenters. The lowest BCUT2D eigenvalue weighted by Gasteiger charge is -2.06. The fourth-order valence-corrected chi connectivity index (χ4v) is 1.45. The number of nitrogens with zero attached hydrogens (tertiary/aromatic N) is 1. The predicted molar refractivity (Wildman–Crippen MR) is 58.6 cm³/mol. The smallest absolute Gasteiger partial charge is 0.409 e. The Morgan fingerprint density at radius 2 is 2.00 bits per heavy atom. The zero-order valence-electron chi connectivity index (χ0n) is 8.76. The average Bonchev–Trinajstić information content (AvgIpc) is 2.20. The van der Waals surface area contributed by atoms with Crippen molar-refractivity contribution in [3.05, 3.63) is 0 Å². The van der Waals surface area contributed by atoms with E-state index in [1.54, 1.807) is 0 Å². The quantitative estimate of drug-likeness (QED) is 0.204. The molecular formula is C8H16F3N3OS. The summed E-state index contributed by atoms with van der Waals surface area (Å²) in [5.41, 5.74) is 1.09. The van der Waals surface area contributed by atoms with Crippen molar-refractivity contribution in [1.82, 2.24) is 5.32 Å². The molecule has 0 amide bonds. The molecule has 4 N–H and O–H groups in total. The Balaban J connectivity index is 3.16. The summed E-state index contributed by atoms with van der Waals surface area (Å²) in [6, 6.07) is 0. The second kappa shape index (κ2) is 8.51. The summed E-state index contributed by atoms with van der Waals surface area (Å²) in [6.45, 7) is 0.963. The van der Waals surface area contributed by atoms with E-state index in [2.05, 4.69) is 10.5 Å². The highest BCUT2D eigenvalue weighted by atomic mass is 32.2. The number of nitrogens with one attached hydrogen (secondary N) is 1. The maximum absolute atomic E-state index is 11.7. The molecule has 0 aliphatic carbocycles. The Morgan fingerprint density at radius 3 is 2.56 bits per heavy atom. The summed E-state index contributed by atoms with van der Waals surface area (Å²) in [6.07, 6.45) is 2.03. The van der Waals surface area contributed by atoms with Crippen molar-refractivity contribution in [2.75, 3.05) is 18.8 Å². The third-order valence-electron chi connectivity index (χ3n) is 1.71. The van der Waals surface area contributed by atoms with E-state index in [0.717, 1.165) is 12.8 Å². The first-order valence-electron chi connectivity index (χ1n) is 4.83. The van der Waals surface area contributed by atoms with Gasteiger partial charge in [-0.25, -0.2) is 0 Å². The standard InChI is InChI=1S/C8H16F3N3OS/c9-8(10,11)16-6-5-13-4-2-1-3-7(12)14-15/h13,15H,1-6H2,(H2,12,14). The van der Waals surface area contributed by atoms with Crippen LogP contribution in [0.2, 0.25) is 0 Å². The molecule has 8 heteroatoms. The molecule has 0 bridgehead atoms. The van der Waals surface area contributed by atoms with Gasteiger partial charge in [-0.1, -0.05) is 5.16 Å². The van der Waals surface area contributed by atoms with Crippen LogP contribution in [0, 0.1) is 0 Å². The largest absolute Gasteiger partial charge is 0.441 e. The molecule has 0 spiro atoms. The molecule has 0 radical (unpaired) electrons. The summed E-state index contributed by atoms with van der Waals surface area (Å²) in [4.78, 5) is 0. The second-order valence-electron chi connectivity index (χ2n) is 3.09. The van der Waals surface area contributed by atoms with Gasteiger partial charge in [0.15, 0.2) is 0 Å². The van der Waals surface area contributed by atoms with E-state index in [9.17, 15) is 13.2 Å². The summed E-state index contributed by atoms with van der Waals surface area (Å²) in [7, 11) is 0. The van der Waals surface area contributed by atoms with Gasteiger partial charge in [0.05, 0.1) is 0 Å². The Labute approximate surface area is 96.4 Å². The highest BCUT2D eigenvalue weighted by Gasteiger charge is 2.27. The van der Waals surface area contributed by atoms with Crippen molar-refractivity contribution in [3.8, 4) is 0 Å². The Kier molecular flexibility index (Phi) is 8.18. The molecule has 0 rings (SSSR count). The maximum atomic E-state index is 11.7. The lowest BCUT2D eigenvalue weighted by Crippen LogP contribution is -2.20. The monoisotopic (exact) mass is 259 g/mol. The van der Waals surface area contributed by atoms with Gasteiger partial charge in [-0.3, -0.25) is 0 Å². The van der Waals surface area contributed by atoms with Crippen molar-refractivity contribution in [2.45, 2.75) is 24.8 Å². The van der Waals surface area contributed by atoms with Gasteiger partial charge in [-0.05, 0) is 31.1 Å². The Hall–Kier alpha value is -0.630. The molecule has 0 fully saturated rings. The van der Waals surface area contributed by atoms with Crippen molar-refractivity contribution < 1.29 is 18.4 Å². The van der Waals surface area contributed by atoms with Crippen molar-refractivity contribution in [3.63, 3.8) is 0 Å². The minimum absolute atomic E-state index is 0.0176. The van der Waals surface area contributed by atoms with Crippen molar-refractivity contribution in [1.29, 1.82) is 0 Å². The first-order valence-corrected chi connectivity index (χ1v) is 5.82. The summed E-state index contributed by atoms with van der Waals surface area (Å²) in [5.74, 6) is 0.191. The van der Waals surface area contributed by atoms with Crippen LogP contribution in [0.1, 0.15) is 19.3 Å². The maximum Gasteiger partial charge on any atom is 0.441 e. The SMILES string of the molecule is NC(CCCCNCCSC(F)(F)F)=NO. The van der Waals surface area contributed by atoms with Crippen LogP contribution in [-0.2, 0) is 0 Å². The number of thioether (sulfide) groups is 1. The van der Waals surface area contributed by atoms with Gasteiger partial charge < -0.3 is 16.3 Å². The number of unbranched alkanes of at least 4 members (excludes halogenated alkanes) is 1. The van der Waals surface area contributed by atoms with E-state index in [1.165, 1.54) is 0 Å². The van der Waals surface area contributed by atoms with Crippen LogP contribution in [0.5, 0.6) is 0 Å². The van der Waals surface area contributed by atoms with Crippen LogP contribution in [0.15, 0.2) is 5.16 Å². The predicted octanol–water partition coefficient (Wildman–Crippen LogP) is 1.75. The molecule has 0 aromatic rings. The molecule has 0 aliphatic rings. The number of amidine groups is 1. The highest BCUT2D eigenvalue weighted by molar-refractivity contribution is 8.00. The van der Waals surface area contributed by atoms with Crippen LogP contribution < -0.4 is 11.1 Å². The number of rotatable bonds is 8. The van der Waals surface area contributed by atoms with Gasteiger partial charge in [0.2, 0.25) is 0 Å². The molecule has 4 nitrogen and oxygen atoms in total. The van der Waals surface area contributed by atoms with Gasteiger partial charge in [0, 0.05) is 18.7 Å². The third kappa shape index (κ3) is 11.4. The lowest BCUT2D eigenvalue weighted by molar-refractivity contribution is -0.0327. The zero-order chi connectivity index (χ0) is 12.4. The van der Waals surface area contributed by atoms with E-state index in [1.807, 2.05) is 0 Å². The van der Waals surface area contributed by atoms with E-state index in [0.29, 0.717) is 19.5 Å². The van der Waals surface area contributed by atoms with Gasteiger partial charge in [-0.15, -0.1) is 0 Å². The number of nitrogens with two attached hydrogens (primary N) is 1. The minimum atomic E-state index is -4.15. The number of hydrogen-bond acceptors (Lipinski definition) is 4. The fraction of sp³-hybridized carbons (Fsp3) is 0.875. The first kappa shape index (κ1) is 15.4. The topological polar surface area (TPSA) is 70.6 Å². The molecule has 0 heterocycles. The molecule has 0 unspecified atom stereocenters. The van der Waals surface area contributed by atoms with Crippen molar-refractivity contribution in [2.24, 2.45) is 10.9 Å². The third-order valence-corrected chi connectivity index (χ3v) is 2.45. The molecule has 0 aliphatic heterocycles. The summed E-state index contributed by atoms with van der Waals surface area (Å²) in [5, 5.41) is 13.9. The summed E-state index contributed by atoms with van der Waals surface area (Å²) >= 11 is -0.0288. The fourth-order valence-electron chi connectivity index (χ4n) is 0.970. The lowest BCUT2D eigenvalue weighted by atomic mass is 10.2. The van der Waals surface area contributed by atoms with Crippen molar-refractivity contribution >= 4 is 17.6 Å². The van der Waals surface area contributed by atoms with Crippen LogP contribution in [0.25, 0.3) is 0 Å². The zero-order valence-corrected chi connectivity index (χ0v) is 9.57. The molecule has 0 saturated heterocycles. The van der Waals surface area contributed by atoms with Gasteiger partial charge >= 0.3 is 5.51 Å². The van der Waals surface area contributed by atoms with E-state index in [4.69, 9.17) is 10.9 Å². The molecule has 0 saturated carbocycles. The number of oxime groups is 1.